The molecule has 0 bridgehead atoms. The van der Waals surface area contributed by atoms with Crippen molar-refractivity contribution in [3.05, 3.63) is 35.4 Å². The average Bonchev–Trinajstić information content (AvgIpc) is 2.03. The van der Waals surface area contributed by atoms with Crippen molar-refractivity contribution in [1.82, 2.24) is 0 Å². The summed E-state index contributed by atoms with van der Waals surface area (Å²) in [6.45, 7) is 3.92. The van der Waals surface area contributed by atoms with E-state index in [4.69, 9.17) is 12.2 Å². The topological polar surface area (TPSA) is 26.0 Å². The molecule has 2 heteroatoms. The predicted molar refractivity (Wildman–Crippen MR) is 58.8 cm³/mol. The standard InChI is InChI=1S/C11H13N.ClH/c1-4-9-6-5-7-10(8-9)11(2,3)12;/h1,5-8H,12H2,2-3H3;1H. The van der Waals surface area contributed by atoms with Crippen LogP contribution in [0.4, 0.5) is 0 Å². The summed E-state index contributed by atoms with van der Waals surface area (Å²) in [7, 11) is 0. The van der Waals surface area contributed by atoms with Crippen LogP contribution in [0, 0.1) is 12.3 Å². The number of benzene rings is 1. The van der Waals surface area contributed by atoms with Crippen molar-refractivity contribution in [1.29, 1.82) is 0 Å². The Bertz CT molecular complexity index is 318. The first-order chi connectivity index (χ1) is 5.54. The molecule has 70 valence electrons. The van der Waals surface area contributed by atoms with Crippen LogP contribution in [-0.4, -0.2) is 0 Å². The van der Waals surface area contributed by atoms with E-state index in [0.29, 0.717) is 0 Å². The van der Waals surface area contributed by atoms with Gasteiger partial charge in [-0.1, -0.05) is 18.1 Å². The Hall–Kier alpha value is -0.970. The van der Waals surface area contributed by atoms with E-state index in [0.717, 1.165) is 11.1 Å². The summed E-state index contributed by atoms with van der Waals surface area (Å²) < 4.78 is 0. The highest BCUT2D eigenvalue weighted by molar-refractivity contribution is 5.85. The Morgan fingerprint density at radius 3 is 2.46 bits per heavy atom. The highest BCUT2D eigenvalue weighted by atomic mass is 35.5. The lowest BCUT2D eigenvalue weighted by molar-refractivity contribution is 0.554. The van der Waals surface area contributed by atoms with Crippen LogP contribution in [0.5, 0.6) is 0 Å². The Labute approximate surface area is 85.7 Å². The van der Waals surface area contributed by atoms with Crippen LogP contribution in [-0.2, 0) is 5.54 Å². The second-order valence-electron chi connectivity index (χ2n) is 3.45. The van der Waals surface area contributed by atoms with E-state index in [1.807, 2.05) is 38.1 Å². The summed E-state index contributed by atoms with van der Waals surface area (Å²) in [6.07, 6.45) is 5.27. The molecular formula is C11H14ClN. The predicted octanol–water partition coefficient (Wildman–Crippen LogP) is 2.28. The van der Waals surface area contributed by atoms with Crippen LogP contribution in [0.15, 0.2) is 24.3 Å². The molecule has 0 heterocycles. The van der Waals surface area contributed by atoms with E-state index >= 15 is 0 Å². The van der Waals surface area contributed by atoms with Gasteiger partial charge in [-0.3, -0.25) is 0 Å². The molecule has 0 amide bonds. The zero-order valence-electron chi connectivity index (χ0n) is 7.87. The van der Waals surface area contributed by atoms with Crippen LogP contribution in [0.3, 0.4) is 0 Å². The fourth-order valence-corrected chi connectivity index (χ4v) is 1.01. The van der Waals surface area contributed by atoms with Crippen molar-refractivity contribution in [3.63, 3.8) is 0 Å². The third-order valence-corrected chi connectivity index (χ3v) is 1.77. The first-order valence-corrected chi connectivity index (χ1v) is 3.90. The molecule has 0 radical (unpaired) electrons. The summed E-state index contributed by atoms with van der Waals surface area (Å²) in [5.74, 6) is 2.58. The van der Waals surface area contributed by atoms with Gasteiger partial charge in [-0.05, 0) is 31.5 Å². The van der Waals surface area contributed by atoms with Gasteiger partial charge in [-0.15, -0.1) is 18.8 Å². The smallest absolute Gasteiger partial charge is 0.0352 e. The Balaban J connectivity index is 0.00000144. The van der Waals surface area contributed by atoms with Gasteiger partial charge in [0.05, 0.1) is 0 Å². The summed E-state index contributed by atoms with van der Waals surface area (Å²) in [6, 6.07) is 7.76. The molecule has 1 rings (SSSR count). The van der Waals surface area contributed by atoms with E-state index in [1.165, 1.54) is 0 Å². The monoisotopic (exact) mass is 195 g/mol. The molecule has 0 aliphatic heterocycles. The summed E-state index contributed by atoms with van der Waals surface area (Å²) in [5, 5.41) is 0. The highest BCUT2D eigenvalue weighted by Gasteiger charge is 2.13. The van der Waals surface area contributed by atoms with Gasteiger partial charge in [-0.25, -0.2) is 0 Å². The van der Waals surface area contributed by atoms with Gasteiger partial charge in [0, 0.05) is 11.1 Å². The second kappa shape index (κ2) is 4.32. The van der Waals surface area contributed by atoms with Crippen molar-refractivity contribution in [2.75, 3.05) is 0 Å². The SMILES string of the molecule is C#Cc1cccc(C(C)(C)N)c1.Cl. The molecule has 0 aliphatic rings. The number of halogens is 1. The minimum Gasteiger partial charge on any atom is -0.322 e. The Kier molecular flexibility index (Phi) is 4.00. The minimum absolute atomic E-state index is 0. The number of nitrogens with two attached hydrogens (primary N) is 1. The molecule has 0 saturated carbocycles. The van der Waals surface area contributed by atoms with Crippen LogP contribution in [0.2, 0.25) is 0 Å². The normalized spacial score (nSPS) is 10.0. The van der Waals surface area contributed by atoms with Gasteiger partial charge < -0.3 is 5.73 Å². The van der Waals surface area contributed by atoms with Crippen molar-refractivity contribution in [3.8, 4) is 12.3 Å². The van der Waals surface area contributed by atoms with Crippen molar-refractivity contribution in [2.24, 2.45) is 5.73 Å². The highest BCUT2D eigenvalue weighted by Crippen LogP contribution is 2.17. The van der Waals surface area contributed by atoms with E-state index < -0.39 is 0 Å². The van der Waals surface area contributed by atoms with Gasteiger partial charge in [-0.2, -0.15) is 0 Å². The molecule has 0 aromatic heterocycles. The maximum absolute atomic E-state index is 5.91. The van der Waals surface area contributed by atoms with E-state index in [2.05, 4.69) is 5.92 Å². The molecule has 0 atom stereocenters. The van der Waals surface area contributed by atoms with Crippen molar-refractivity contribution < 1.29 is 0 Å². The molecule has 2 N–H and O–H groups in total. The Morgan fingerprint density at radius 2 is 2.00 bits per heavy atom. The van der Waals surface area contributed by atoms with E-state index in [9.17, 15) is 0 Å². The molecule has 0 unspecified atom stereocenters. The maximum Gasteiger partial charge on any atom is 0.0352 e. The van der Waals surface area contributed by atoms with Crippen LogP contribution in [0.25, 0.3) is 0 Å². The lowest BCUT2D eigenvalue weighted by atomic mass is 9.94. The fraction of sp³-hybridized carbons (Fsp3) is 0.273. The first kappa shape index (κ1) is 12.0. The molecule has 13 heavy (non-hydrogen) atoms. The molecule has 0 spiro atoms. The number of hydrogen-bond donors (Lipinski definition) is 1. The molecule has 0 aliphatic carbocycles. The summed E-state index contributed by atoms with van der Waals surface area (Å²) >= 11 is 0. The molecule has 1 nitrogen and oxygen atoms in total. The van der Waals surface area contributed by atoms with Crippen LogP contribution < -0.4 is 5.73 Å². The van der Waals surface area contributed by atoms with E-state index in [1.54, 1.807) is 0 Å². The number of rotatable bonds is 1. The van der Waals surface area contributed by atoms with E-state index in [-0.39, 0.29) is 17.9 Å². The molecule has 0 fully saturated rings. The minimum atomic E-state index is -0.313. The van der Waals surface area contributed by atoms with Crippen molar-refractivity contribution in [2.45, 2.75) is 19.4 Å². The molecule has 1 aromatic carbocycles. The lowest BCUT2D eigenvalue weighted by Gasteiger charge is -2.18. The average molecular weight is 196 g/mol. The first-order valence-electron chi connectivity index (χ1n) is 3.90. The third kappa shape index (κ3) is 3.10. The fourth-order valence-electron chi connectivity index (χ4n) is 1.01. The van der Waals surface area contributed by atoms with Gasteiger partial charge in [0.25, 0.3) is 0 Å². The molecule has 0 saturated heterocycles. The molecule has 1 aromatic rings. The van der Waals surface area contributed by atoms with Gasteiger partial charge >= 0.3 is 0 Å². The third-order valence-electron chi connectivity index (χ3n) is 1.77. The molecular weight excluding hydrogens is 182 g/mol. The lowest BCUT2D eigenvalue weighted by Crippen LogP contribution is -2.28. The van der Waals surface area contributed by atoms with Gasteiger partial charge in [0.1, 0.15) is 0 Å². The summed E-state index contributed by atoms with van der Waals surface area (Å²) in [4.78, 5) is 0. The van der Waals surface area contributed by atoms with Gasteiger partial charge in [0.15, 0.2) is 0 Å². The van der Waals surface area contributed by atoms with Gasteiger partial charge in [0.2, 0.25) is 0 Å². The second-order valence-corrected chi connectivity index (χ2v) is 3.45. The Morgan fingerprint density at radius 1 is 1.38 bits per heavy atom. The summed E-state index contributed by atoms with van der Waals surface area (Å²) in [5.41, 5.74) is 7.55. The van der Waals surface area contributed by atoms with Crippen molar-refractivity contribution >= 4 is 12.4 Å². The zero-order valence-corrected chi connectivity index (χ0v) is 8.69. The van der Waals surface area contributed by atoms with Crippen LogP contribution in [0.1, 0.15) is 25.0 Å². The largest absolute Gasteiger partial charge is 0.322 e. The quantitative estimate of drug-likeness (QED) is 0.684. The van der Waals surface area contributed by atoms with Crippen LogP contribution >= 0.6 is 12.4 Å². The maximum atomic E-state index is 5.91. The zero-order chi connectivity index (χ0) is 9.19. The number of hydrogen-bond acceptors (Lipinski definition) is 1. The number of terminal acetylenes is 1.